The lowest BCUT2D eigenvalue weighted by atomic mass is 9.84. The fraction of sp³-hybridized carbons (Fsp3) is 0.294. The zero-order chi connectivity index (χ0) is 15.2. The number of nitrogens with zero attached hydrogens (tertiary/aromatic N) is 1. The van der Waals surface area contributed by atoms with Crippen LogP contribution in [0.25, 0.3) is 0 Å². The van der Waals surface area contributed by atoms with Crippen LogP contribution in [0.1, 0.15) is 22.6 Å². The number of nitrogen functional groups attached to an aromatic ring is 1. The smallest absolute Gasteiger partial charge is 0.106 e. The van der Waals surface area contributed by atoms with Gasteiger partial charge in [0.1, 0.15) is 6.54 Å². The van der Waals surface area contributed by atoms with Crippen LogP contribution >= 0.6 is 35.6 Å². The molecule has 1 unspecified atom stereocenters. The largest absolute Gasteiger partial charge is 1.00 e. The molecule has 0 aliphatic carbocycles. The number of benzene rings is 2. The Labute approximate surface area is 160 Å². The average molecular weight is 394 g/mol. The third-order valence-electron chi connectivity index (χ3n) is 4.17. The summed E-state index contributed by atoms with van der Waals surface area (Å²) >= 11 is 12.7. The lowest BCUT2D eigenvalue weighted by Gasteiger charge is -2.40. The molecule has 2 nitrogen and oxygen atoms in total. The fourth-order valence-corrected chi connectivity index (χ4v) is 3.77. The van der Waals surface area contributed by atoms with Gasteiger partial charge in [-0.05, 0) is 35.4 Å². The van der Waals surface area contributed by atoms with E-state index >= 15 is 0 Å². The molecule has 126 valence electrons. The number of rotatable bonds is 1. The van der Waals surface area contributed by atoms with Crippen molar-refractivity contribution >= 4 is 41.3 Å². The first kappa shape index (κ1) is 20.4. The molecule has 1 heterocycles. The minimum absolute atomic E-state index is 0. The van der Waals surface area contributed by atoms with Crippen LogP contribution in [0, 0.1) is 0 Å². The monoisotopic (exact) mass is 392 g/mol. The quantitative estimate of drug-likeness (QED) is 0.579. The Hall–Kier alpha value is -0.640. The van der Waals surface area contributed by atoms with Crippen LogP contribution in [-0.2, 0) is 6.54 Å². The van der Waals surface area contributed by atoms with Gasteiger partial charge in [-0.25, -0.2) is 0 Å². The Kier molecular flexibility index (Phi) is 6.65. The SMILES string of the molecule is C[N+]1(C)Cc2c(Cl)cc(Cl)cc2C(c2ccc(N)cc2)C1.Cl.[Cl-]. The first-order chi connectivity index (χ1) is 9.85. The van der Waals surface area contributed by atoms with E-state index in [4.69, 9.17) is 28.9 Å². The van der Waals surface area contributed by atoms with Gasteiger partial charge in [0.2, 0.25) is 0 Å². The minimum Gasteiger partial charge on any atom is -1.00 e. The second-order valence-electron chi connectivity index (χ2n) is 6.45. The Balaban J connectivity index is 0.00000132. The zero-order valence-corrected chi connectivity index (χ0v) is 16.1. The van der Waals surface area contributed by atoms with Crippen molar-refractivity contribution in [2.24, 2.45) is 0 Å². The van der Waals surface area contributed by atoms with Gasteiger partial charge in [-0.2, -0.15) is 0 Å². The molecule has 1 aliphatic heterocycles. The summed E-state index contributed by atoms with van der Waals surface area (Å²) in [5.74, 6) is 0.292. The van der Waals surface area contributed by atoms with E-state index in [1.165, 1.54) is 16.7 Å². The number of nitrogens with two attached hydrogens (primary N) is 1. The Morgan fingerprint density at radius 3 is 2.30 bits per heavy atom. The van der Waals surface area contributed by atoms with Gasteiger partial charge in [0, 0.05) is 16.3 Å². The molecule has 2 aromatic carbocycles. The van der Waals surface area contributed by atoms with Crippen molar-refractivity contribution in [1.29, 1.82) is 0 Å². The highest BCUT2D eigenvalue weighted by atomic mass is 35.5. The molecule has 0 saturated carbocycles. The van der Waals surface area contributed by atoms with Gasteiger partial charge in [-0.1, -0.05) is 35.3 Å². The molecule has 2 aromatic rings. The topological polar surface area (TPSA) is 26.0 Å². The highest BCUT2D eigenvalue weighted by molar-refractivity contribution is 6.35. The number of quaternary nitrogens is 1. The zero-order valence-electron chi connectivity index (χ0n) is 13.0. The Morgan fingerprint density at radius 1 is 1.09 bits per heavy atom. The molecule has 1 atom stereocenters. The Bertz CT molecular complexity index is 684. The van der Waals surface area contributed by atoms with E-state index in [1.54, 1.807) is 0 Å². The number of likely N-dealkylation sites (N-methyl/N-ethyl adjacent to an activating group) is 1. The highest BCUT2D eigenvalue weighted by Gasteiger charge is 2.34. The maximum absolute atomic E-state index is 6.44. The van der Waals surface area contributed by atoms with Crippen molar-refractivity contribution in [3.8, 4) is 0 Å². The molecular formula is C17H20Cl4N2. The number of hydrogen-bond acceptors (Lipinski definition) is 1. The van der Waals surface area contributed by atoms with Crippen LogP contribution in [0.3, 0.4) is 0 Å². The molecule has 23 heavy (non-hydrogen) atoms. The summed E-state index contributed by atoms with van der Waals surface area (Å²) in [5, 5.41) is 1.47. The maximum atomic E-state index is 6.44. The summed E-state index contributed by atoms with van der Waals surface area (Å²) in [6.45, 7) is 1.95. The van der Waals surface area contributed by atoms with Crippen molar-refractivity contribution in [2.45, 2.75) is 12.5 Å². The third kappa shape index (κ3) is 4.26. The molecule has 0 bridgehead atoms. The van der Waals surface area contributed by atoms with Crippen LogP contribution in [0.4, 0.5) is 5.69 Å². The third-order valence-corrected chi connectivity index (χ3v) is 4.73. The van der Waals surface area contributed by atoms with Crippen molar-refractivity contribution in [2.75, 3.05) is 26.4 Å². The van der Waals surface area contributed by atoms with Crippen LogP contribution in [0.15, 0.2) is 36.4 Å². The van der Waals surface area contributed by atoms with E-state index in [1.807, 2.05) is 18.2 Å². The molecule has 0 spiro atoms. The molecule has 0 saturated heterocycles. The molecule has 0 amide bonds. The molecule has 2 N–H and O–H groups in total. The summed E-state index contributed by atoms with van der Waals surface area (Å²) in [6, 6.07) is 12.0. The van der Waals surface area contributed by atoms with Crippen molar-refractivity contribution in [1.82, 2.24) is 0 Å². The predicted molar refractivity (Wildman–Crippen MR) is 97.1 cm³/mol. The van der Waals surface area contributed by atoms with E-state index in [0.29, 0.717) is 10.9 Å². The van der Waals surface area contributed by atoms with Gasteiger partial charge in [-0.15, -0.1) is 12.4 Å². The second-order valence-corrected chi connectivity index (χ2v) is 7.29. The molecule has 0 fully saturated rings. The number of halogens is 4. The van der Waals surface area contributed by atoms with Crippen LogP contribution in [-0.4, -0.2) is 25.1 Å². The van der Waals surface area contributed by atoms with Crippen molar-refractivity contribution in [3.63, 3.8) is 0 Å². The van der Waals surface area contributed by atoms with Gasteiger partial charge >= 0.3 is 0 Å². The standard InChI is InChI=1S/C17H19Cl2N2.2ClH/c1-21(2)9-15(11-3-5-13(20)6-4-11)14-7-12(18)8-17(19)16(14)10-21;;/h3-8,15H,9-10,20H2,1-2H3;2*1H/q+1;;/p-1. The van der Waals surface area contributed by atoms with Gasteiger partial charge in [0.25, 0.3) is 0 Å². The van der Waals surface area contributed by atoms with E-state index in [2.05, 4.69) is 32.3 Å². The summed E-state index contributed by atoms with van der Waals surface area (Å²) < 4.78 is 0.906. The molecule has 1 aliphatic rings. The molecular weight excluding hydrogens is 374 g/mol. The number of hydrogen-bond donors (Lipinski definition) is 1. The number of fused-ring (bicyclic) bond motifs is 1. The van der Waals surface area contributed by atoms with Gasteiger partial charge < -0.3 is 22.6 Å². The van der Waals surface area contributed by atoms with Crippen LogP contribution < -0.4 is 18.1 Å². The second kappa shape index (κ2) is 7.50. The molecule has 6 heteroatoms. The van der Waals surface area contributed by atoms with Crippen LogP contribution in [0.5, 0.6) is 0 Å². The summed E-state index contributed by atoms with van der Waals surface area (Å²) in [5.41, 5.74) is 10.3. The molecule has 3 rings (SSSR count). The minimum atomic E-state index is 0. The average Bonchev–Trinajstić information content (AvgIpc) is 2.40. The van der Waals surface area contributed by atoms with Gasteiger partial charge in [-0.3, -0.25) is 0 Å². The lowest BCUT2D eigenvalue weighted by molar-refractivity contribution is -0.906. The molecule has 0 aromatic heterocycles. The van der Waals surface area contributed by atoms with Crippen LogP contribution in [0.2, 0.25) is 10.0 Å². The highest BCUT2D eigenvalue weighted by Crippen LogP contribution is 2.40. The fourth-order valence-electron chi connectivity index (χ4n) is 3.20. The number of anilines is 1. The van der Waals surface area contributed by atoms with Gasteiger partial charge in [0.05, 0.1) is 31.6 Å². The lowest BCUT2D eigenvalue weighted by Crippen LogP contribution is -3.00. The van der Waals surface area contributed by atoms with E-state index < -0.39 is 0 Å². The Morgan fingerprint density at radius 2 is 1.70 bits per heavy atom. The summed E-state index contributed by atoms with van der Waals surface area (Å²) in [7, 11) is 4.47. The molecule has 0 radical (unpaired) electrons. The first-order valence-corrected chi connectivity index (χ1v) is 7.76. The van der Waals surface area contributed by atoms with E-state index in [0.717, 1.165) is 28.3 Å². The van der Waals surface area contributed by atoms with Crippen molar-refractivity contribution in [3.05, 3.63) is 63.1 Å². The predicted octanol–water partition coefficient (Wildman–Crippen LogP) is 1.72. The summed E-state index contributed by atoms with van der Waals surface area (Å²) in [6.07, 6.45) is 0. The first-order valence-electron chi connectivity index (χ1n) is 7.01. The maximum Gasteiger partial charge on any atom is 0.106 e. The van der Waals surface area contributed by atoms with E-state index in [9.17, 15) is 0 Å². The van der Waals surface area contributed by atoms with E-state index in [-0.39, 0.29) is 24.8 Å². The van der Waals surface area contributed by atoms with Gasteiger partial charge in [0.15, 0.2) is 0 Å². The summed E-state index contributed by atoms with van der Waals surface area (Å²) in [4.78, 5) is 0. The van der Waals surface area contributed by atoms with Crippen molar-refractivity contribution < 1.29 is 16.9 Å². The normalized spacial score (nSPS) is 18.3.